The van der Waals surface area contributed by atoms with Gasteiger partial charge in [0.05, 0.1) is 13.2 Å². The molecular weight excluding hydrogens is 180 g/mol. The summed E-state index contributed by atoms with van der Waals surface area (Å²) in [5, 5.41) is 18.6. The average Bonchev–Trinajstić information content (AvgIpc) is 2.52. The maximum absolute atomic E-state index is 9.31. The van der Waals surface area contributed by atoms with E-state index >= 15 is 0 Å². The van der Waals surface area contributed by atoms with Crippen LogP contribution in [0.25, 0.3) is 0 Å². The van der Waals surface area contributed by atoms with Crippen LogP contribution in [0.3, 0.4) is 0 Å². The normalized spacial score (nSPS) is 40.1. The number of hydrogen-bond donors (Lipinski definition) is 2. The van der Waals surface area contributed by atoms with Gasteiger partial charge in [0.15, 0.2) is 0 Å². The Morgan fingerprint density at radius 2 is 2.14 bits per heavy atom. The SMILES string of the molecule is CCC1=C[C@@]2(CO)C=C[C@@](CO)(C1)O2. The molecule has 2 N–H and O–H groups in total. The van der Waals surface area contributed by atoms with Crippen LogP contribution in [0.1, 0.15) is 19.8 Å². The minimum Gasteiger partial charge on any atom is -0.393 e. The molecule has 0 spiro atoms. The Morgan fingerprint density at radius 1 is 1.36 bits per heavy atom. The number of ether oxygens (including phenoxy) is 1. The van der Waals surface area contributed by atoms with Gasteiger partial charge < -0.3 is 14.9 Å². The third-order valence-corrected chi connectivity index (χ3v) is 3.01. The molecule has 78 valence electrons. The molecular formula is C11H16O3. The molecule has 0 aromatic rings. The molecule has 2 aliphatic heterocycles. The molecule has 2 heterocycles. The van der Waals surface area contributed by atoms with Crippen molar-refractivity contribution in [1.29, 1.82) is 0 Å². The molecule has 2 rings (SSSR count). The summed E-state index contributed by atoms with van der Waals surface area (Å²) in [5.41, 5.74) is -0.0147. The van der Waals surface area contributed by atoms with Crippen LogP contribution in [-0.4, -0.2) is 34.6 Å². The van der Waals surface area contributed by atoms with Crippen LogP contribution in [0.5, 0.6) is 0 Å². The van der Waals surface area contributed by atoms with Gasteiger partial charge in [-0.15, -0.1) is 0 Å². The van der Waals surface area contributed by atoms with Crippen LogP contribution < -0.4 is 0 Å². The van der Waals surface area contributed by atoms with Crippen LogP contribution in [-0.2, 0) is 4.74 Å². The molecule has 3 heteroatoms. The lowest BCUT2D eigenvalue weighted by atomic mass is 9.91. The molecule has 0 fully saturated rings. The van der Waals surface area contributed by atoms with Crippen molar-refractivity contribution in [3.05, 3.63) is 23.8 Å². The van der Waals surface area contributed by atoms with Gasteiger partial charge in [-0.05, 0) is 18.6 Å². The van der Waals surface area contributed by atoms with Crippen LogP contribution >= 0.6 is 0 Å². The maximum atomic E-state index is 9.31. The van der Waals surface area contributed by atoms with Crippen molar-refractivity contribution in [2.24, 2.45) is 0 Å². The topological polar surface area (TPSA) is 49.7 Å². The van der Waals surface area contributed by atoms with E-state index < -0.39 is 11.2 Å². The molecule has 2 atom stereocenters. The van der Waals surface area contributed by atoms with Gasteiger partial charge in [-0.2, -0.15) is 0 Å². The zero-order valence-electron chi connectivity index (χ0n) is 8.36. The van der Waals surface area contributed by atoms with E-state index in [0.717, 1.165) is 12.8 Å². The molecule has 0 unspecified atom stereocenters. The quantitative estimate of drug-likeness (QED) is 0.656. The molecule has 0 aromatic heterocycles. The first-order chi connectivity index (χ1) is 6.67. The highest BCUT2D eigenvalue weighted by Crippen LogP contribution is 2.42. The lowest BCUT2D eigenvalue weighted by molar-refractivity contribution is -0.114. The van der Waals surface area contributed by atoms with Gasteiger partial charge in [-0.3, -0.25) is 0 Å². The van der Waals surface area contributed by atoms with Gasteiger partial charge in [0.1, 0.15) is 11.2 Å². The summed E-state index contributed by atoms with van der Waals surface area (Å²) >= 11 is 0. The summed E-state index contributed by atoms with van der Waals surface area (Å²) in [5.74, 6) is 0. The lowest BCUT2D eigenvalue weighted by Gasteiger charge is -2.37. The van der Waals surface area contributed by atoms with Gasteiger partial charge in [0.2, 0.25) is 0 Å². The van der Waals surface area contributed by atoms with Crippen molar-refractivity contribution in [2.45, 2.75) is 31.0 Å². The molecule has 0 aromatic carbocycles. The predicted octanol–water partition coefficient (Wildman–Crippen LogP) is 0.775. The number of aliphatic hydroxyl groups is 2. The summed E-state index contributed by atoms with van der Waals surface area (Å²) in [6.45, 7) is 1.99. The van der Waals surface area contributed by atoms with Crippen LogP contribution in [0, 0.1) is 0 Å². The van der Waals surface area contributed by atoms with Crippen molar-refractivity contribution in [2.75, 3.05) is 13.2 Å². The summed E-state index contributed by atoms with van der Waals surface area (Å²) in [6, 6.07) is 0. The summed E-state index contributed by atoms with van der Waals surface area (Å²) in [6.07, 6.45) is 7.38. The molecule has 0 aliphatic carbocycles. The van der Waals surface area contributed by atoms with Crippen molar-refractivity contribution >= 4 is 0 Å². The fourth-order valence-corrected chi connectivity index (χ4v) is 2.19. The lowest BCUT2D eigenvalue weighted by Crippen LogP contribution is -2.44. The van der Waals surface area contributed by atoms with Crippen LogP contribution in [0.4, 0.5) is 0 Å². The Bertz CT molecular complexity index is 295. The van der Waals surface area contributed by atoms with Crippen molar-refractivity contribution < 1.29 is 14.9 Å². The first-order valence-electron chi connectivity index (χ1n) is 5.00. The molecule has 2 aliphatic rings. The second kappa shape index (κ2) is 3.19. The van der Waals surface area contributed by atoms with E-state index in [1.165, 1.54) is 5.57 Å². The monoisotopic (exact) mass is 196 g/mol. The Kier molecular flexibility index (Phi) is 2.26. The predicted molar refractivity (Wildman–Crippen MR) is 52.8 cm³/mol. The van der Waals surface area contributed by atoms with Gasteiger partial charge in [-0.25, -0.2) is 0 Å². The molecule has 0 radical (unpaired) electrons. The van der Waals surface area contributed by atoms with Crippen LogP contribution in [0.15, 0.2) is 23.8 Å². The third-order valence-electron chi connectivity index (χ3n) is 3.01. The molecule has 2 bridgehead atoms. The highest BCUT2D eigenvalue weighted by atomic mass is 16.5. The summed E-state index contributed by atoms with van der Waals surface area (Å²) < 4.78 is 5.72. The minimum absolute atomic E-state index is 0.0252. The van der Waals surface area contributed by atoms with Gasteiger partial charge in [-0.1, -0.05) is 18.6 Å². The smallest absolute Gasteiger partial charge is 0.129 e. The van der Waals surface area contributed by atoms with E-state index in [0.29, 0.717) is 0 Å². The van der Waals surface area contributed by atoms with E-state index in [9.17, 15) is 10.2 Å². The highest BCUT2D eigenvalue weighted by Gasteiger charge is 2.46. The molecule has 3 nitrogen and oxygen atoms in total. The number of fused-ring (bicyclic) bond motifs is 2. The number of rotatable bonds is 3. The van der Waals surface area contributed by atoms with E-state index in [1.807, 2.05) is 18.2 Å². The molecule has 0 amide bonds. The van der Waals surface area contributed by atoms with Crippen molar-refractivity contribution in [3.63, 3.8) is 0 Å². The van der Waals surface area contributed by atoms with E-state index in [4.69, 9.17) is 4.74 Å². The second-order valence-corrected chi connectivity index (χ2v) is 4.10. The van der Waals surface area contributed by atoms with Gasteiger partial charge in [0.25, 0.3) is 0 Å². The Morgan fingerprint density at radius 3 is 2.71 bits per heavy atom. The van der Waals surface area contributed by atoms with E-state index in [-0.39, 0.29) is 13.2 Å². The van der Waals surface area contributed by atoms with Crippen molar-refractivity contribution in [1.82, 2.24) is 0 Å². The molecule has 0 saturated carbocycles. The average molecular weight is 196 g/mol. The maximum Gasteiger partial charge on any atom is 0.129 e. The number of aliphatic hydroxyl groups excluding tert-OH is 2. The second-order valence-electron chi connectivity index (χ2n) is 4.10. The largest absolute Gasteiger partial charge is 0.393 e. The molecule has 14 heavy (non-hydrogen) atoms. The fourth-order valence-electron chi connectivity index (χ4n) is 2.19. The number of hydrogen-bond acceptors (Lipinski definition) is 3. The molecule has 0 saturated heterocycles. The Balaban J connectivity index is 2.35. The van der Waals surface area contributed by atoms with E-state index in [1.54, 1.807) is 0 Å². The minimum atomic E-state index is -0.674. The van der Waals surface area contributed by atoms with Gasteiger partial charge in [0, 0.05) is 6.42 Å². The Labute approximate surface area is 83.7 Å². The highest BCUT2D eigenvalue weighted by molar-refractivity contribution is 5.34. The Hall–Kier alpha value is -0.640. The third kappa shape index (κ3) is 1.32. The zero-order valence-corrected chi connectivity index (χ0v) is 8.36. The summed E-state index contributed by atoms with van der Waals surface area (Å²) in [4.78, 5) is 0. The van der Waals surface area contributed by atoms with Gasteiger partial charge >= 0.3 is 0 Å². The first kappa shape index (κ1) is 9.90. The van der Waals surface area contributed by atoms with Crippen LogP contribution in [0.2, 0.25) is 0 Å². The standard InChI is InChI=1S/C11H16O3/c1-2-9-5-10(7-12)3-4-11(6-9,8-13)14-10/h3-5,12-13H,2,6-8H2,1H3/t10-,11+/m1/s1. The zero-order chi connectivity index (χ0) is 10.2. The first-order valence-corrected chi connectivity index (χ1v) is 5.00. The fraction of sp³-hybridized carbons (Fsp3) is 0.636. The van der Waals surface area contributed by atoms with E-state index in [2.05, 4.69) is 6.92 Å². The summed E-state index contributed by atoms with van der Waals surface area (Å²) in [7, 11) is 0. The van der Waals surface area contributed by atoms with Crippen molar-refractivity contribution in [3.8, 4) is 0 Å².